The summed E-state index contributed by atoms with van der Waals surface area (Å²) in [5, 5.41) is 9.13. The number of rotatable bonds is 5. The second kappa shape index (κ2) is 5.57. The average Bonchev–Trinajstić information content (AvgIpc) is 2.51. The fraction of sp³-hybridized carbons (Fsp3) is 0.615. The van der Waals surface area contributed by atoms with Gasteiger partial charge in [0.1, 0.15) is 22.0 Å². The van der Waals surface area contributed by atoms with Gasteiger partial charge < -0.3 is 9.52 Å². The molecule has 0 aliphatic heterocycles. The van der Waals surface area contributed by atoms with Crippen molar-refractivity contribution in [3.05, 3.63) is 17.1 Å². The maximum atomic E-state index is 12.2. The fourth-order valence-corrected chi connectivity index (χ4v) is 3.30. The molecule has 6 nitrogen and oxygen atoms in total. The Morgan fingerprint density at radius 3 is 2.25 bits per heavy atom. The molecule has 0 fully saturated rings. The maximum Gasteiger partial charge on any atom is 0.340 e. The molecule has 0 atom stereocenters. The topological polar surface area (TPSA) is 96.6 Å². The van der Waals surface area contributed by atoms with Crippen LogP contribution in [-0.2, 0) is 10.0 Å². The Hall–Kier alpha value is -1.34. The summed E-state index contributed by atoms with van der Waals surface area (Å²) < 4.78 is 32.1. The number of sulfonamides is 1. The Morgan fingerprint density at radius 1 is 1.25 bits per heavy atom. The highest BCUT2D eigenvalue weighted by molar-refractivity contribution is 7.89. The van der Waals surface area contributed by atoms with Gasteiger partial charge in [-0.15, -0.1) is 0 Å². The largest absolute Gasteiger partial charge is 0.478 e. The second-order valence-corrected chi connectivity index (χ2v) is 7.64. The van der Waals surface area contributed by atoms with Crippen molar-refractivity contribution in [3.8, 4) is 0 Å². The van der Waals surface area contributed by atoms with Gasteiger partial charge in [-0.1, -0.05) is 20.8 Å². The SMILES string of the molecule is Cc1oc(C)c(S(=O)(=O)NCCC(C)(C)C)c1C(=O)O. The van der Waals surface area contributed by atoms with Crippen molar-refractivity contribution in [2.75, 3.05) is 6.54 Å². The first-order valence-electron chi connectivity index (χ1n) is 6.28. The standard InChI is InChI=1S/C13H21NO5S/c1-8-10(12(15)16)11(9(2)19-8)20(17,18)14-7-6-13(3,4)5/h14H,6-7H2,1-5H3,(H,15,16). The zero-order chi connectivity index (χ0) is 15.7. The van der Waals surface area contributed by atoms with Crippen LogP contribution in [0, 0.1) is 19.3 Å². The Labute approximate surface area is 119 Å². The highest BCUT2D eigenvalue weighted by Gasteiger charge is 2.30. The van der Waals surface area contributed by atoms with Crippen LogP contribution in [0.4, 0.5) is 0 Å². The average molecular weight is 303 g/mol. The minimum atomic E-state index is -3.89. The summed E-state index contributed by atoms with van der Waals surface area (Å²) in [6.45, 7) is 9.11. The van der Waals surface area contributed by atoms with Crippen LogP contribution in [0.2, 0.25) is 0 Å². The van der Waals surface area contributed by atoms with Crippen LogP contribution in [0.3, 0.4) is 0 Å². The van der Waals surface area contributed by atoms with Crippen LogP contribution < -0.4 is 4.72 Å². The molecule has 0 aliphatic rings. The van der Waals surface area contributed by atoms with Crippen molar-refractivity contribution in [3.63, 3.8) is 0 Å². The van der Waals surface area contributed by atoms with Crippen LogP contribution in [0.1, 0.15) is 49.1 Å². The highest BCUT2D eigenvalue weighted by Crippen LogP contribution is 2.26. The third-order valence-electron chi connectivity index (χ3n) is 2.85. The van der Waals surface area contributed by atoms with E-state index in [1.165, 1.54) is 13.8 Å². The Morgan fingerprint density at radius 2 is 1.80 bits per heavy atom. The van der Waals surface area contributed by atoms with Crippen LogP contribution in [-0.4, -0.2) is 26.0 Å². The van der Waals surface area contributed by atoms with Gasteiger partial charge in [0.2, 0.25) is 10.0 Å². The zero-order valence-corrected chi connectivity index (χ0v) is 13.2. The molecule has 20 heavy (non-hydrogen) atoms. The molecule has 0 aliphatic carbocycles. The summed E-state index contributed by atoms with van der Waals surface area (Å²) >= 11 is 0. The van der Waals surface area contributed by atoms with Gasteiger partial charge in [0.15, 0.2) is 0 Å². The monoisotopic (exact) mass is 303 g/mol. The summed E-state index contributed by atoms with van der Waals surface area (Å²) in [5.74, 6) is -1.13. The summed E-state index contributed by atoms with van der Waals surface area (Å²) in [6.07, 6.45) is 0.643. The predicted molar refractivity (Wildman–Crippen MR) is 74.4 cm³/mol. The van der Waals surface area contributed by atoms with E-state index in [1.807, 2.05) is 20.8 Å². The van der Waals surface area contributed by atoms with Crippen molar-refractivity contribution in [2.24, 2.45) is 5.41 Å². The molecule has 0 saturated heterocycles. The summed E-state index contributed by atoms with van der Waals surface area (Å²) in [6, 6.07) is 0. The number of carboxylic acids is 1. The lowest BCUT2D eigenvalue weighted by Crippen LogP contribution is -2.28. The number of furan rings is 1. The van der Waals surface area contributed by atoms with Crippen LogP contribution >= 0.6 is 0 Å². The van der Waals surface area contributed by atoms with Crippen molar-refractivity contribution in [2.45, 2.75) is 45.9 Å². The first-order valence-corrected chi connectivity index (χ1v) is 7.77. The Kier molecular flexibility index (Phi) is 4.66. The van der Waals surface area contributed by atoms with Gasteiger partial charge in [0, 0.05) is 6.54 Å². The molecule has 1 aromatic rings. The molecular formula is C13H21NO5S. The molecule has 0 radical (unpaired) electrons. The minimum absolute atomic E-state index is 0.0144. The van der Waals surface area contributed by atoms with Crippen molar-refractivity contribution >= 4 is 16.0 Å². The maximum absolute atomic E-state index is 12.2. The van der Waals surface area contributed by atoms with E-state index in [0.29, 0.717) is 6.42 Å². The van der Waals surface area contributed by atoms with E-state index in [9.17, 15) is 13.2 Å². The molecule has 0 amide bonds. The van der Waals surface area contributed by atoms with Gasteiger partial charge in [0.05, 0.1) is 0 Å². The molecule has 0 aromatic carbocycles. The minimum Gasteiger partial charge on any atom is -0.478 e. The molecule has 0 unspecified atom stereocenters. The number of nitrogens with one attached hydrogen (secondary N) is 1. The van der Waals surface area contributed by atoms with E-state index >= 15 is 0 Å². The first-order chi connectivity index (χ1) is 8.96. The van der Waals surface area contributed by atoms with Crippen LogP contribution in [0.5, 0.6) is 0 Å². The lowest BCUT2D eigenvalue weighted by Gasteiger charge is -2.18. The Bertz CT molecular complexity index is 607. The smallest absolute Gasteiger partial charge is 0.340 e. The van der Waals surface area contributed by atoms with Gasteiger partial charge in [-0.25, -0.2) is 17.9 Å². The van der Waals surface area contributed by atoms with Crippen molar-refractivity contribution in [1.82, 2.24) is 4.72 Å². The van der Waals surface area contributed by atoms with E-state index in [0.717, 1.165) is 0 Å². The first kappa shape index (κ1) is 16.7. The fourth-order valence-electron chi connectivity index (χ4n) is 1.87. The summed E-state index contributed by atoms with van der Waals surface area (Å²) in [4.78, 5) is 10.9. The van der Waals surface area contributed by atoms with Crippen molar-refractivity contribution < 1.29 is 22.7 Å². The molecule has 1 heterocycles. The van der Waals surface area contributed by atoms with Gasteiger partial charge in [0.25, 0.3) is 0 Å². The predicted octanol–water partition coefficient (Wildman–Crippen LogP) is 2.31. The van der Waals surface area contributed by atoms with E-state index < -0.39 is 16.0 Å². The Balaban J connectivity index is 3.08. The molecule has 1 rings (SSSR count). The quantitative estimate of drug-likeness (QED) is 0.870. The van der Waals surface area contributed by atoms with Gasteiger partial charge in [-0.05, 0) is 25.7 Å². The number of hydrogen-bond donors (Lipinski definition) is 2. The molecule has 0 saturated carbocycles. The normalized spacial score (nSPS) is 12.7. The van der Waals surface area contributed by atoms with Crippen molar-refractivity contribution in [1.29, 1.82) is 0 Å². The second-order valence-electron chi connectivity index (χ2n) is 5.93. The number of aryl methyl sites for hydroxylation is 2. The van der Waals surface area contributed by atoms with Gasteiger partial charge in [-0.3, -0.25) is 0 Å². The summed E-state index contributed by atoms with van der Waals surface area (Å²) in [7, 11) is -3.89. The zero-order valence-electron chi connectivity index (χ0n) is 12.4. The van der Waals surface area contributed by atoms with Crippen LogP contribution in [0.15, 0.2) is 9.31 Å². The molecule has 0 bridgehead atoms. The van der Waals surface area contributed by atoms with Gasteiger partial charge >= 0.3 is 5.97 Å². The van der Waals surface area contributed by atoms with Gasteiger partial charge in [-0.2, -0.15) is 0 Å². The number of carboxylic acid groups (broad SMARTS) is 1. The lowest BCUT2D eigenvalue weighted by atomic mass is 9.93. The molecule has 0 spiro atoms. The molecule has 114 valence electrons. The van der Waals surface area contributed by atoms with E-state index in [4.69, 9.17) is 9.52 Å². The summed E-state index contributed by atoms with van der Waals surface area (Å²) in [5.41, 5.74) is -0.315. The highest BCUT2D eigenvalue weighted by atomic mass is 32.2. The third-order valence-corrected chi connectivity index (χ3v) is 4.47. The molecule has 2 N–H and O–H groups in total. The molecule has 1 aromatic heterocycles. The molecular weight excluding hydrogens is 282 g/mol. The van der Waals surface area contributed by atoms with E-state index in [1.54, 1.807) is 0 Å². The number of carbonyl (C=O) groups is 1. The third kappa shape index (κ3) is 3.83. The lowest BCUT2D eigenvalue weighted by molar-refractivity contribution is 0.0691. The molecule has 7 heteroatoms. The number of aromatic carboxylic acids is 1. The van der Waals surface area contributed by atoms with E-state index in [2.05, 4.69) is 4.72 Å². The van der Waals surface area contributed by atoms with Crippen LogP contribution in [0.25, 0.3) is 0 Å². The van der Waals surface area contributed by atoms with E-state index in [-0.39, 0.29) is 33.9 Å². The number of hydrogen-bond acceptors (Lipinski definition) is 4.